The van der Waals surface area contributed by atoms with Gasteiger partial charge in [-0.3, -0.25) is 9.69 Å². The van der Waals surface area contributed by atoms with E-state index in [2.05, 4.69) is 17.1 Å². The maximum Gasteiger partial charge on any atom is 0.240 e. The SMILES string of the molecule is CCOc1ccc2nc(N3C(=O)CSC3c3ccccc3)sc2c1. The summed E-state index contributed by atoms with van der Waals surface area (Å²) < 4.78 is 6.59. The summed E-state index contributed by atoms with van der Waals surface area (Å²) in [6, 6.07) is 16.0. The molecule has 1 saturated heterocycles. The van der Waals surface area contributed by atoms with Gasteiger partial charge < -0.3 is 4.74 Å². The van der Waals surface area contributed by atoms with E-state index in [1.807, 2.05) is 48.2 Å². The Morgan fingerprint density at radius 2 is 2.08 bits per heavy atom. The fraction of sp³-hybridized carbons (Fsp3) is 0.222. The Kier molecular flexibility index (Phi) is 4.16. The molecule has 3 aromatic rings. The van der Waals surface area contributed by atoms with Crippen molar-refractivity contribution in [3.63, 3.8) is 0 Å². The number of aromatic nitrogens is 1. The summed E-state index contributed by atoms with van der Waals surface area (Å²) in [6.45, 7) is 2.60. The van der Waals surface area contributed by atoms with Gasteiger partial charge in [-0.15, -0.1) is 11.8 Å². The van der Waals surface area contributed by atoms with Gasteiger partial charge >= 0.3 is 0 Å². The lowest BCUT2D eigenvalue weighted by atomic mass is 10.2. The Morgan fingerprint density at radius 3 is 2.88 bits per heavy atom. The summed E-state index contributed by atoms with van der Waals surface area (Å²) >= 11 is 3.18. The molecule has 0 aliphatic carbocycles. The first-order chi connectivity index (χ1) is 11.8. The van der Waals surface area contributed by atoms with Crippen molar-refractivity contribution in [1.82, 2.24) is 4.98 Å². The smallest absolute Gasteiger partial charge is 0.240 e. The molecule has 1 amide bonds. The standard InChI is InChI=1S/C18H16N2O2S2/c1-2-22-13-8-9-14-15(10-13)24-18(19-14)20-16(21)11-23-17(20)12-6-4-3-5-7-12/h3-10,17H,2,11H2,1H3. The van der Waals surface area contributed by atoms with Crippen molar-refractivity contribution < 1.29 is 9.53 Å². The molecule has 0 N–H and O–H groups in total. The largest absolute Gasteiger partial charge is 0.494 e. The Balaban J connectivity index is 1.73. The molecule has 0 saturated carbocycles. The number of nitrogens with zero attached hydrogens (tertiary/aromatic N) is 2. The quantitative estimate of drug-likeness (QED) is 0.691. The number of hydrogen-bond acceptors (Lipinski definition) is 5. The monoisotopic (exact) mass is 356 g/mol. The third kappa shape index (κ3) is 2.76. The van der Waals surface area contributed by atoms with Gasteiger partial charge in [0.15, 0.2) is 5.13 Å². The number of ether oxygens (including phenoxy) is 1. The van der Waals surface area contributed by atoms with Crippen LogP contribution in [0.4, 0.5) is 5.13 Å². The van der Waals surface area contributed by atoms with Crippen LogP contribution in [0.3, 0.4) is 0 Å². The van der Waals surface area contributed by atoms with Crippen LogP contribution in [0.2, 0.25) is 0 Å². The van der Waals surface area contributed by atoms with Crippen molar-refractivity contribution >= 4 is 44.4 Å². The van der Waals surface area contributed by atoms with E-state index in [-0.39, 0.29) is 11.3 Å². The van der Waals surface area contributed by atoms with Gasteiger partial charge in [-0.2, -0.15) is 0 Å². The van der Waals surface area contributed by atoms with Crippen LogP contribution in [-0.4, -0.2) is 23.3 Å². The molecule has 1 atom stereocenters. The number of thioether (sulfide) groups is 1. The van der Waals surface area contributed by atoms with E-state index in [9.17, 15) is 4.79 Å². The first-order valence-corrected chi connectivity index (χ1v) is 9.65. The van der Waals surface area contributed by atoms with Crippen molar-refractivity contribution in [3.05, 3.63) is 54.1 Å². The molecule has 0 spiro atoms. The molecule has 1 aliphatic heterocycles. The van der Waals surface area contributed by atoms with E-state index in [1.165, 1.54) is 11.3 Å². The minimum Gasteiger partial charge on any atom is -0.494 e. The van der Waals surface area contributed by atoms with Crippen LogP contribution >= 0.6 is 23.1 Å². The van der Waals surface area contributed by atoms with Gasteiger partial charge in [-0.05, 0) is 30.7 Å². The Hall–Kier alpha value is -2.05. The van der Waals surface area contributed by atoms with Crippen molar-refractivity contribution in [1.29, 1.82) is 0 Å². The summed E-state index contributed by atoms with van der Waals surface area (Å²) in [5.74, 6) is 1.43. The minimum absolute atomic E-state index is 0.00868. The van der Waals surface area contributed by atoms with E-state index in [4.69, 9.17) is 4.74 Å². The molecule has 2 aromatic carbocycles. The van der Waals surface area contributed by atoms with Gasteiger partial charge in [0.25, 0.3) is 0 Å². The van der Waals surface area contributed by atoms with E-state index < -0.39 is 0 Å². The number of benzene rings is 2. The number of amides is 1. The number of thiazole rings is 1. The molecule has 0 radical (unpaired) electrons. The maximum atomic E-state index is 12.5. The van der Waals surface area contributed by atoms with E-state index in [1.54, 1.807) is 11.8 Å². The Morgan fingerprint density at radius 1 is 1.25 bits per heavy atom. The van der Waals surface area contributed by atoms with Crippen molar-refractivity contribution in [2.45, 2.75) is 12.3 Å². The molecular formula is C18H16N2O2S2. The van der Waals surface area contributed by atoms with Gasteiger partial charge in [0, 0.05) is 0 Å². The van der Waals surface area contributed by atoms with E-state index in [0.717, 1.165) is 26.7 Å². The molecule has 4 rings (SSSR count). The van der Waals surface area contributed by atoms with Crippen molar-refractivity contribution in [2.75, 3.05) is 17.3 Å². The second-order valence-corrected chi connectivity index (χ2v) is 7.47. The Labute approximate surface area is 148 Å². The zero-order valence-electron chi connectivity index (χ0n) is 13.1. The zero-order valence-corrected chi connectivity index (χ0v) is 14.8. The number of anilines is 1. The minimum atomic E-state index is -0.00868. The number of hydrogen-bond donors (Lipinski definition) is 0. The van der Waals surface area contributed by atoms with Gasteiger partial charge in [0.2, 0.25) is 5.91 Å². The average Bonchev–Trinajstić information content (AvgIpc) is 3.18. The second-order valence-electron chi connectivity index (χ2n) is 5.40. The highest BCUT2D eigenvalue weighted by atomic mass is 32.2. The molecule has 1 aliphatic rings. The predicted octanol–water partition coefficient (Wildman–Crippen LogP) is 4.47. The molecule has 6 heteroatoms. The highest BCUT2D eigenvalue weighted by molar-refractivity contribution is 8.00. The normalized spacial score (nSPS) is 17.6. The van der Waals surface area contributed by atoms with Crippen LogP contribution < -0.4 is 9.64 Å². The fourth-order valence-electron chi connectivity index (χ4n) is 2.75. The first-order valence-electron chi connectivity index (χ1n) is 7.78. The molecule has 4 nitrogen and oxygen atoms in total. The topological polar surface area (TPSA) is 42.4 Å². The second kappa shape index (κ2) is 6.45. The van der Waals surface area contributed by atoms with Gasteiger partial charge in [0.1, 0.15) is 11.1 Å². The predicted molar refractivity (Wildman–Crippen MR) is 99.9 cm³/mol. The highest BCUT2D eigenvalue weighted by Crippen LogP contribution is 2.44. The number of carbonyl (C=O) groups excluding carboxylic acids is 1. The number of carbonyl (C=O) groups is 1. The zero-order chi connectivity index (χ0) is 16.5. The van der Waals surface area contributed by atoms with Crippen LogP contribution in [0.15, 0.2) is 48.5 Å². The average molecular weight is 356 g/mol. The molecule has 24 heavy (non-hydrogen) atoms. The van der Waals surface area contributed by atoms with Crippen molar-refractivity contribution in [3.8, 4) is 5.75 Å². The number of fused-ring (bicyclic) bond motifs is 1. The Bertz CT molecular complexity index is 879. The lowest BCUT2D eigenvalue weighted by Crippen LogP contribution is -2.27. The first kappa shape index (κ1) is 15.5. The molecule has 1 aromatic heterocycles. The molecule has 122 valence electrons. The summed E-state index contributed by atoms with van der Waals surface area (Å²) in [4.78, 5) is 19.0. The fourth-order valence-corrected chi connectivity index (χ4v) is 5.01. The molecular weight excluding hydrogens is 340 g/mol. The van der Waals surface area contributed by atoms with Crippen LogP contribution in [0, 0.1) is 0 Å². The third-order valence-electron chi connectivity index (χ3n) is 3.82. The van der Waals surface area contributed by atoms with Gasteiger partial charge in [-0.1, -0.05) is 41.7 Å². The highest BCUT2D eigenvalue weighted by Gasteiger charge is 2.35. The van der Waals surface area contributed by atoms with Crippen LogP contribution in [0.5, 0.6) is 5.75 Å². The molecule has 0 bridgehead atoms. The van der Waals surface area contributed by atoms with E-state index >= 15 is 0 Å². The molecule has 1 fully saturated rings. The summed E-state index contributed by atoms with van der Waals surface area (Å²) in [6.07, 6.45) is 0. The maximum absolute atomic E-state index is 12.5. The van der Waals surface area contributed by atoms with Crippen LogP contribution in [-0.2, 0) is 4.79 Å². The summed E-state index contributed by atoms with van der Waals surface area (Å²) in [5.41, 5.74) is 2.03. The third-order valence-corrected chi connectivity index (χ3v) is 6.05. The van der Waals surface area contributed by atoms with Crippen molar-refractivity contribution in [2.24, 2.45) is 0 Å². The van der Waals surface area contributed by atoms with Crippen LogP contribution in [0.25, 0.3) is 10.2 Å². The number of rotatable bonds is 4. The summed E-state index contributed by atoms with van der Waals surface area (Å²) in [5, 5.41) is 0.744. The van der Waals surface area contributed by atoms with Gasteiger partial charge in [-0.25, -0.2) is 4.98 Å². The molecule has 1 unspecified atom stereocenters. The molecule has 2 heterocycles. The van der Waals surface area contributed by atoms with Gasteiger partial charge in [0.05, 0.1) is 22.6 Å². The van der Waals surface area contributed by atoms with E-state index in [0.29, 0.717) is 12.4 Å². The van der Waals surface area contributed by atoms with Crippen LogP contribution in [0.1, 0.15) is 17.9 Å². The lowest BCUT2D eigenvalue weighted by Gasteiger charge is -2.21. The lowest BCUT2D eigenvalue weighted by molar-refractivity contribution is -0.115. The summed E-state index contributed by atoms with van der Waals surface area (Å²) in [7, 11) is 0.